The van der Waals surface area contributed by atoms with E-state index in [4.69, 9.17) is 9.26 Å². The lowest BCUT2D eigenvalue weighted by molar-refractivity contribution is 0.0929. The third kappa shape index (κ3) is 4.10. The van der Waals surface area contributed by atoms with E-state index in [9.17, 15) is 4.79 Å². The third-order valence-corrected chi connectivity index (χ3v) is 5.93. The molecule has 1 fully saturated rings. The number of aromatic nitrogens is 1. The van der Waals surface area contributed by atoms with Crippen LogP contribution in [0.4, 0.5) is 0 Å². The lowest BCUT2D eigenvalue weighted by Gasteiger charge is -2.28. The molecule has 3 aromatic rings. The van der Waals surface area contributed by atoms with Gasteiger partial charge in [-0.3, -0.25) is 9.69 Å². The molecule has 3 heterocycles. The van der Waals surface area contributed by atoms with Gasteiger partial charge in [0.1, 0.15) is 5.75 Å². The van der Waals surface area contributed by atoms with E-state index in [1.165, 1.54) is 18.4 Å². The number of carbonyl (C=O) groups excluding carboxylic acids is 1. The van der Waals surface area contributed by atoms with Crippen molar-refractivity contribution in [2.45, 2.75) is 18.9 Å². The Morgan fingerprint density at radius 2 is 2.07 bits per heavy atom. The summed E-state index contributed by atoms with van der Waals surface area (Å²) in [6.07, 6.45) is 2.38. The minimum Gasteiger partial charge on any atom is -0.497 e. The average molecular weight is 398 g/mol. The molecule has 1 saturated heterocycles. The lowest BCUT2D eigenvalue weighted by atomic mass is 10.1. The van der Waals surface area contributed by atoms with Gasteiger partial charge in [0.15, 0.2) is 11.5 Å². The molecule has 1 aliphatic rings. The van der Waals surface area contributed by atoms with Crippen LogP contribution in [0.25, 0.3) is 10.6 Å². The van der Waals surface area contributed by atoms with Crippen LogP contribution in [0.3, 0.4) is 0 Å². The Bertz CT molecular complexity index is 899. The number of nitrogens with one attached hydrogen (secondary N) is 1. The first-order valence-corrected chi connectivity index (χ1v) is 10.3. The number of hydrogen-bond donors (Lipinski definition) is 1. The Balaban J connectivity index is 1.45. The summed E-state index contributed by atoms with van der Waals surface area (Å²) in [4.78, 5) is 16.0. The number of carbonyl (C=O) groups is 1. The second kappa shape index (κ2) is 8.58. The molecule has 6 nitrogen and oxygen atoms in total. The van der Waals surface area contributed by atoms with E-state index in [-0.39, 0.29) is 11.9 Å². The number of rotatable bonds is 7. The van der Waals surface area contributed by atoms with Crippen LogP contribution in [0, 0.1) is 0 Å². The minimum atomic E-state index is -0.218. The van der Waals surface area contributed by atoms with Gasteiger partial charge in [-0.1, -0.05) is 23.4 Å². The number of hydrogen-bond acceptors (Lipinski definition) is 6. The Hall–Kier alpha value is -2.64. The fourth-order valence-corrected chi connectivity index (χ4v) is 4.21. The molecule has 1 aliphatic heterocycles. The zero-order valence-corrected chi connectivity index (χ0v) is 16.6. The molecule has 1 aromatic carbocycles. The maximum atomic E-state index is 12.6. The van der Waals surface area contributed by atoms with Crippen molar-refractivity contribution in [2.24, 2.45) is 0 Å². The normalized spacial score (nSPS) is 15.5. The summed E-state index contributed by atoms with van der Waals surface area (Å²) in [7, 11) is 1.66. The van der Waals surface area contributed by atoms with Crippen molar-refractivity contribution in [1.82, 2.24) is 15.4 Å². The van der Waals surface area contributed by atoms with Crippen LogP contribution in [0.15, 0.2) is 52.4 Å². The zero-order valence-electron chi connectivity index (χ0n) is 15.8. The summed E-state index contributed by atoms with van der Waals surface area (Å²) < 4.78 is 10.6. The van der Waals surface area contributed by atoms with Crippen molar-refractivity contribution in [3.8, 4) is 16.4 Å². The molecule has 2 aromatic heterocycles. The molecule has 28 heavy (non-hydrogen) atoms. The molecule has 0 aliphatic carbocycles. The molecule has 0 spiro atoms. The van der Waals surface area contributed by atoms with Crippen LogP contribution >= 0.6 is 11.3 Å². The zero-order chi connectivity index (χ0) is 19.3. The van der Waals surface area contributed by atoms with Crippen LogP contribution in [0.5, 0.6) is 5.75 Å². The molecule has 1 amide bonds. The lowest BCUT2D eigenvalue weighted by Crippen LogP contribution is -2.36. The summed E-state index contributed by atoms with van der Waals surface area (Å²) in [5, 5.41) is 8.93. The monoisotopic (exact) mass is 397 g/mol. The number of amides is 1. The second-order valence-electron chi connectivity index (χ2n) is 6.80. The summed E-state index contributed by atoms with van der Waals surface area (Å²) >= 11 is 1.55. The van der Waals surface area contributed by atoms with E-state index in [1.807, 2.05) is 29.6 Å². The number of nitrogens with zero attached hydrogens (tertiary/aromatic N) is 2. The van der Waals surface area contributed by atoms with Crippen molar-refractivity contribution in [3.63, 3.8) is 0 Å². The Morgan fingerprint density at radius 3 is 2.75 bits per heavy atom. The molecule has 4 rings (SSSR count). The highest BCUT2D eigenvalue weighted by Crippen LogP contribution is 2.27. The molecule has 7 heteroatoms. The predicted octanol–water partition coefficient (Wildman–Crippen LogP) is 3.98. The largest absolute Gasteiger partial charge is 0.497 e. The van der Waals surface area contributed by atoms with E-state index in [1.54, 1.807) is 24.5 Å². The van der Waals surface area contributed by atoms with Gasteiger partial charge >= 0.3 is 0 Å². The van der Waals surface area contributed by atoms with Crippen LogP contribution in [0.1, 0.15) is 34.9 Å². The standard InChI is InChI=1S/C21H23N3O3S/c1-26-16-8-6-15(7-9-16)18(24-10-2-3-11-24)14-22-21(25)17-13-19(27-23-17)20-5-4-12-28-20/h4-9,12-13,18H,2-3,10-11,14H2,1H3,(H,22,25). The summed E-state index contributed by atoms with van der Waals surface area (Å²) in [6.45, 7) is 2.60. The fourth-order valence-electron chi connectivity index (χ4n) is 3.53. The van der Waals surface area contributed by atoms with Crippen LogP contribution < -0.4 is 10.1 Å². The van der Waals surface area contributed by atoms with E-state index in [0.717, 1.165) is 23.7 Å². The molecule has 0 saturated carbocycles. The van der Waals surface area contributed by atoms with E-state index >= 15 is 0 Å². The number of thiophene rings is 1. The first kappa shape index (κ1) is 18.7. The quantitative estimate of drug-likeness (QED) is 0.653. The minimum absolute atomic E-state index is 0.126. The SMILES string of the molecule is COc1ccc(C(CNC(=O)c2cc(-c3cccs3)on2)N2CCCC2)cc1. The Kier molecular flexibility index (Phi) is 5.73. The number of benzene rings is 1. The van der Waals surface area contributed by atoms with Gasteiger partial charge in [-0.2, -0.15) is 0 Å². The highest BCUT2D eigenvalue weighted by atomic mass is 32.1. The third-order valence-electron chi connectivity index (χ3n) is 5.04. The number of ether oxygens (including phenoxy) is 1. The first-order valence-electron chi connectivity index (χ1n) is 9.41. The van der Waals surface area contributed by atoms with Crippen molar-refractivity contribution >= 4 is 17.2 Å². The molecule has 1 atom stereocenters. The van der Waals surface area contributed by atoms with Crippen molar-refractivity contribution in [3.05, 3.63) is 59.1 Å². The molecule has 1 unspecified atom stereocenters. The molecular weight excluding hydrogens is 374 g/mol. The highest BCUT2D eigenvalue weighted by Gasteiger charge is 2.25. The number of methoxy groups -OCH3 is 1. The van der Waals surface area contributed by atoms with Gasteiger partial charge in [0, 0.05) is 12.6 Å². The van der Waals surface area contributed by atoms with Gasteiger partial charge < -0.3 is 14.6 Å². The highest BCUT2D eigenvalue weighted by molar-refractivity contribution is 7.13. The van der Waals surface area contributed by atoms with Gasteiger partial charge in [0.25, 0.3) is 5.91 Å². The molecule has 0 bridgehead atoms. The van der Waals surface area contributed by atoms with Gasteiger partial charge in [0.05, 0.1) is 18.0 Å². The van der Waals surface area contributed by atoms with E-state index < -0.39 is 0 Å². The van der Waals surface area contributed by atoms with E-state index in [2.05, 4.69) is 27.5 Å². The van der Waals surface area contributed by atoms with Gasteiger partial charge in [0.2, 0.25) is 0 Å². The Morgan fingerprint density at radius 1 is 1.29 bits per heavy atom. The maximum absolute atomic E-state index is 12.6. The topological polar surface area (TPSA) is 67.6 Å². The summed E-state index contributed by atoms with van der Waals surface area (Å²) in [5.74, 6) is 1.23. The molecule has 0 radical (unpaired) electrons. The van der Waals surface area contributed by atoms with Gasteiger partial charge in [-0.05, 0) is 55.1 Å². The average Bonchev–Trinajstić information content (AvgIpc) is 3.50. The molecule has 1 N–H and O–H groups in total. The van der Waals surface area contributed by atoms with Crippen molar-refractivity contribution < 1.29 is 14.1 Å². The number of likely N-dealkylation sites (tertiary alicyclic amines) is 1. The van der Waals surface area contributed by atoms with Gasteiger partial charge in [-0.15, -0.1) is 11.3 Å². The van der Waals surface area contributed by atoms with E-state index in [0.29, 0.717) is 18.0 Å². The van der Waals surface area contributed by atoms with Crippen LogP contribution in [-0.4, -0.2) is 42.7 Å². The molecular formula is C21H23N3O3S. The second-order valence-corrected chi connectivity index (χ2v) is 7.74. The first-order chi connectivity index (χ1) is 13.7. The smallest absolute Gasteiger partial charge is 0.273 e. The Labute approximate surface area is 168 Å². The fraction of sp³-hybridized carbons (Fsp3) is 0.333. The molecule has 146 valence electrons. The van der Waals surface area contributed by atoms with Crippen LogP contribution in [0.2, 0.25) is 0 Å². The van der Waals surface area contributed by atoms with Crippen molar-refractivity contribution in [1.29, 1.82) is 0 Å². The van der Waals surface area contributed by atoms with Crippen LogP contribution in [-0.2, 0) is 0 Å². The summed E-state index contributed by atoms with van der Waals surface area (Å²) in [6, 6.07) is 13.8. The van der Waals surface area contributed by atoms with Crippen molar-refractivity contribution in [2.75, 3.05) is 26.7 Å². The summed E-state index contributed by atoms with van der Waals surface area (Å²) in [5.41, 5.74) is 1.47. The maximum Gasteiger partial charge on any atom is 0.273 e. The van der Waals surface area contributed by atoms with Gasteiger partial charge in [-0.25, -0.2) is 0 Å². The predicted molar refractivity (Wildman–Crippen MR) is 109 cm³/mol.